The van der Waals surface area contributed by atoms with E-state index in [1.54, 1.807) is 0 Å². The van der Waals surface area contributed by atoms with Gasteiger partial charge in [-0.3, -0.25) is 0 Å². The summed E-state index contributed by atoms with van der Waals surface area (Å²) in [7, 11) is -2.65. The van der Waals surface area contributed by atoms with Gasteiger partial charge in [0.2, 0.25) is 0 Å². The van der Waals surface area contributed by atoms with Crippen LogP contribution in [0.1, 0.15) is 220 Å². The standard InChI is InChI=1S/C39H82O3SSi/c1-4-7-10-13-16-19-22-25-28-31-35-40-44(39-34-38-43,41-36-32-29-26-23-20-17-14-11-8-5-2)42-37-33-30-27-24-21-18-15-12-9-6-3/h43H,4-39H2,1-3H3. The number of rotatable bonds is 39. The van der Waals surface area contributed by atoms with E-state index in [0.717, 1.165) is 57.3 Å². The van der Waals surface area contributed by atoms with Gasteiger partial charge in [-0.05, 0) is 31.4 Å². The van der Waals surface area contributed by atoms with Gasteiger partial charge in [0.25, 0.3) is 0 Å². The van der Waals surface area contributed by atoms with Crippen LogP contribution in [-0.4, -0.2) is 34.4 Å². The molecule has 0 aliphatic rings. The second-order valence-corrected chi connectivity index (χ2v) is 16.8. The molecule has 0 rings (SSSR count). The highest BCUT2D eigenvalue weighted by Crippen LogP contribution is 2.22. The Kier molecular flexibility index (Phi) is 38.3. The lowest BCUT2D eigenvalue weighted by molar-refractivity contribution is 0.0551. The summed E-state index contributed by atoms with van der Waals surface area (Å²) in [6.07, 6.45) is 41.5. The normalized spacial score (nSPS) is 12.0. The van der Waals surface area contributed by atoms with E-state index in [0.29, 0.717) is 0 Å². The molecule has 0 aromatic rings. The van der Waals surface area contributed by atoms with Crippen molar-refractivity contribution in [2.24, 2.45) is 0 Å². The van der Waals surface area contributed by atoms with Crippen LogP contribution in [0.15, 0.2) is 0 Å². The largest absolute Gasteiger partial charge is 0.500 e. The molecule has 0 bridgehead atoms. The molecule has 0 fully saturated rings. The van der Waals surface area contributed by atoms with Crippen LogP contribution in [0.3, 0.4) is 0 Å². The average molecular weight is 659 g/mol. The van der Waals surface area contributed by atoms with Crippen molar-refractivity contribution in [2.75, 3.05) is 25.6 Å². The zero-order valence-electron chi connectivity index (χ0n) is 30.6. The van der Waals surface area contributed by atoms with Crippen LogP contribution in [0.25, 0.3) is 0 Å². The SMILES string of the molecule is CCCCCCCCCCCCO[Si](CCCS)(OCCCCCCCCCCCC)OCCCCCCCCCCCC. The van der Waals surface area contributed by atoms with Crippen molar-refractivity contribution >= 4 is 21.4 Å². The third kappa shape index (κ3) is 32.4. The van der Waals surface area contributed by atoms with Gasteiger partial charge in [-0.2, -0.15) is 12.6 Å². The summed E-state index contributed by atoms with van der Waals surface area (Å²) in [5.41, 5.74) is 0. The fourth-order valence-electron chi connectivity index (χ4n) is 6.09. The lowest BCUT2D eigenvalue weighted by Gasteiger charge is -2.30. The van der Waals surface area contributed by atoms with Crippen molar-refractivity contribution in [2.45, 2.75) is 226 Å². The minimum Gasteiger partial charge on any atom is -0.373 e. The quantitative estimate of drug-likeness (QED) is 0.0404. The molecule has 0 aliphatic heterocycles. The van der Waals surface area contributed by atoms with Gasteiger partial charge >= 0.3 is 8.80 Å². The van der Waals surface area contributed by atoms with Crippen LogP contribution in [0.2, 0.25) is 6.04 Å². The van der Waals surface area contributed by atoms with E-state index in [2.05, 4.69) is 33.4 Å². The average Bonchev–Trinajstić information content (AvgIpc) is 3.04. The zero-order valence-corrected chi connectivity index (χ0v) is 32.5. The summed E-state index contributed by atoms with van der Waals surface area (Å²) in [5.74, 6) is 0.875. The number of hydrogen-bond acceptors (Lipinski definition) is 4. The number of hydrogen-bond donors (Lipinski definition) is 1. The highest BCUT2D eigenvalue weighted by molar-refractivity contribution is 7.80. The molecule has 5 heteroatoms. The van der Waals surface area contributed by atoms with E-state index >= 15 is 0 Å². The molecule has 0 N–H and O–H groups in total. The monoisotopic (exact) mass is 659 g/mol. The maximum Gasteiger partial charge on any atom is 0.500 e. The Bertz CT molecular complexity index is 457. The van der Waals surface area contributed by atoms with Crippen molar-refractivity contribution in [1.82, 2.24) is 0 Å². The molecule has 0 aliphatic carbocycles. The Hall–Kier alpha value is 0.447. The minimum atomic E-state index is -2.65. The van der Waals surface area contributed by atoms with Crippen LogP contribution in [0.4, 0.5) is 0 Å². The van der Waals surface area contributed by atoms with E-state index in [-0.39, 0.29) is 0 Å². The summed E-state index contributed by atoms with van der Waals surface area (Å²) in [4.78, 5) is 0. The molecular weight excluding hydrogens is 577 g/mol. The van der Waals surface area contributed by atoms with E-state index in [9.17, 15) is 0 Å². The summed E-state index contributed by atoms with van der Waals surface area (Å²) >= 11 is 4.54. The minimum absolute atomic E-state index is 0.797. The van der Waals surface area contributed by atoms with Crippen LogP contribution in [0.5, 0.6) is 0 Å². The van der Waals surface area contributed by atoms with Crippen molar-refractivity contribution in [3.05, 3.63) is 0 Å². The second kappa shape index (κ2) is 37.9. The first-order chi connectivity index (χ1) is 21.7. The molecule has 0 heterocycles. The van der Waals surface area contributed by atoms with Crippen molar-refractivity contribution in [1.29, 1.82) is 0 Å². The Morgan fingerprint density at radius 3 is 0.773 bits per heavy atom. The second-order valence-electron chi connectivity index (χ2n) is 13.6. The molecule has 0 saturated heterocycles. The van der Waals surface area contributed by atoms with Crippen LogP contribution < -0.4 is 0 Å². The third-order valence-corrected chi connectivity index (χ3v) is 12.3. The van der Waals surface area contributed by atoms with Gasteiger partial charge in [0.15, 0.2) is 0 Å². The molecule has 0 unspecified atom stereocenters. The van der Waals surface area contributed by atoms with Gasteiger partial charge in [-0.1, -0.05) is 194 Å². The summed E-state index contributed by atoms with van der Waals surface area (Å²) < 4.78 is 19.9. The molecule has 44 heavy (non-hydrogen) atoms. The fraction of sp³-hybridized carbons (Fsp3) is 1.00. The highest BCUT2D eigenvalue weighted by atomic mass is 32.1. The van der Waals surface area contributed by atoms with E-state index < -0.39 is 8.80 Å². The predicted molar refractivity (Wildman–Crippen MR) is 202 cm³/mol. The Morgan fingerprint density at radius 1 is 0.318 bits per heavy atom. The maximum atomic E-state index is 6.65. The lowest BCUT2D eigenvalue weighted by Crippen LogP contribution is -2.46. The maximum absolute atomic E-state index is 6.65. The lowest BCUT2D eigenvalue weighted by atomic mass is 10.1. The van der Waals surface area contributed by atoms with E-state index in [1.807, 2.05) is 0 Å². The topological polar surface area (TPSA) is 27.7 Å². The number of unbranched alkanes of at least 4 members (excludes halogenated alkanes) is 27. The van der Waals surface area contributed by atoms with Gasteiger partial charge < -0.3 is 13.3 Å². The van der Waals surface area contributed by atoms with Gasteiger partial charge in [0.1, 0.15) is 0 Å². The molecule has 0 radical (unpaired) electrons. The molecule has 0 saturated carbocycles. The first-order valence-corrected chi connectivity index (χ1v) is 22.8. The van der Waals surface area contributed by atoms with Crippen molar-refractivity contribution in [3.63, 3.8) is 0 Å². The zero-order chi connectivity index (χ0) is 32.1. The van der Waals surface area contributed by atoms with Crippen LogP contribution in [-0.2, 0) is 13.3 Å². The first kappa shape index (κ1) is 44.4. The molecule has 266 valence electrons. The van der Waals surface area contributed by atoms with Gasteiger partial charge in [0, 0.05) is 25.9 Å². The molecule has 3 nitrogen and oxygen atoms in total. The van der Waals surface area contributed by atoms with Crippen molar-refractivity contribution < 1.29 is 13.3 Å². The van der Waals surface area contributed by atoms with Gasteiger partial charge in [-0.25, -0.2) is 0 Å². The summed E-state index contributed by atoms with van der Waals surface area (Å²) in [6.45, 7) is 9.28. The molecule has 0 spiro atoms. The molecule has 0 aromatic carbocycles. The van der Waals surface area contributed by atoms with Gasteiger partial charge in [0.05, 0.1) is 0 Å². The Morgan fingerprint density at radius 2 is 0.545 bits per heavy atom. The first-order valence-electron chi connectivity index (χ1n) is 20.3. The van der Waals surface area contributed by atoms with E-state index in [4.69, 9.17) is 13.3 Å². The summed E-state index contributed by atoms with van der Waals surface area (Å²) in [5, 5.41) is 0. The summed E-state index contributed by atoms with van der Waals surface area (Å²) in [6, 6.07) is 0.920. The third-order valence-electron chi connectivity index (χ3n) is 9.10. The molecule has 0 aromatic heterocycles. The van der Waals surface area contributed by atoms with Crippen LogP contribution >= 0.6 is 12.6 Å². The predicted octanol–water partition coefficient (Wildman–Crippen LogP) is 14.1. The van der Waals surface area contributed by atoms with E-state index in [1.165, 1.54) is 173 Å². The molecular formula is C39H82O3SSi. The van der Waals surface area contributed by atoms with Crippen LogP contribution in [0, 0.1) is 0 Å². The molecule has 0 atom stereocenters. The number of thiol groups is 1. The smallest absolute Gasteiger partial charge is 0.373 e. The fourth-order valence-corrected chi connectivity index (χ4v) is 9.20. The molecule has 0 amide bonds. The highest BCUT2D eigenvalue weighted by Gasteiger charge is 2.40. The Balaban J connectivity index is 4.46. The Labute approximate surface area is 285 Å². The van der Waals surface area contributed by atoms with Gasteiger partial charge in [-0.15, -0.1) is 0 Å². The van der Waals surface area contributed by atoms with Crippen molar-refractivity contribution in [3.8, 4) is 0 Å².